The molecule has 1 amide bonds. The van der Waals surface area contributed by atoms with Crippen LogP contribution in [0.3, 0.4) is 0 Å². The summed E-state index contributed by atoms with van der Waals surface area (Å²) < 4.78 is 17.1. The van der Waals surface area contributed by atoms with Crippen LogP contribution in [0.4, 0.5) is 0 Å². The van der Waals surface area contributed by atoms with Crippen molar-refractivity contribution >= 4 is 17.2 Å². The van der Waals surface area contributed by atoms with E-state index in [4.69, 9.17) is 0 Å². The largest absolute Gasteiger partial charge is 0.277 e. The number of carbonyl (C=O) groups is 1. The van der Waals surface area contributed by atoms with Gasteiger partial charge in [-0.2, -0.15) is 0 Å². The van der Waals surface area contributed by atoms with Crippen LogP contribution in [0.5, 0.6) is 0 Å². The second-order valence-corrected chi connectivity index (χ2v) is 4.00. The van der Waals surface area contributed by atoms with Gasteiger partial charge in [0.05, 0.1) is 19.1 Å². The molecule has 1 saturated heterocycles. The summed E-state index contributed by atoms with van der Waals surface area (Å²) in [5.74, 6) is -0.142. The molecule has 1 aliphatic carbocycles. The fourth-order valence-electron chi connectivity index (χ4n) is 1.63. The Kier molecular flexibility index (Phi) is 1.77. The van der Waals surface area contributed by atoms with Crippen molar-refractivity contribution in [1.82, 2.24) is 4.31 Å². The fraction of sp³-hybridized carbons (Fsp3) is 0.571. The van der Waals surface area contributed by atoms with E-state index in [1.165, 1.54) is 11.4 Å². The Morgan fingerprint density at radius 3 is 2.92 bits per heavy atom. The van der Waals surface area contributed by atoms with Crippen molar-refractivity contribution < 1.29 is 13.2 Å². The summed E-state index contributed by atoms with van der Waals surface area (Å²) in [6.45, 7) is 0. The van der Waals surface area contributed by atoms with Crippen molar-refractivity contribution in [1.29, 1.82) is 0 Å². The molecule has 0 aromatic heterocycles. The van der Waals surface area contributed by atoms with Crippen LogP contribution < -0.4 is 0 Å². The van der Waals surface area contributed by atoms with Crippen LogP contribution in [0, 0.1) is 5.92 Å². The van der Waals surface area contributed by atoms with Crippen LogP contribution in [0.2, 0.25) is 0 Å². The zero-order chi connectivity index (χ0) is 8.72. The monoisotopic (exact) mass is 187 g/mol. The molecule has 0 radical (unpaired) electrons. The fourth-order valence-corrected chi connectivity index (χ4v) is 2.45. The van der Waals surface area contributed by atoms with Crippen molar-refractivity contribution in [3.05, 3.63) is 12.2 Å². The zero-order valence-electron chi connectivity index (χ0n) is 6.60. The molecule has 0 aromatic carbocycles. The number of amides is 1. The predicted molar refractivity (Wildman–Crippen MR) is 43.0 cm³/mol. The minimum Gasteiger partial charge on any atom is -0.277 e. The molecule has 1 heterocycles. The zero-order valence-corrected chi connectivity index (χ0v) is 7.41. The second kappa shape index (κ2) is 2.67. The van der Waals surface area contributed by atoms with E-state index in [1.807, 2.05) is 12.2 Å². The first-order valence-corrected chi connectivity index (χ1v) is 4.75. The van der Waals surface area contributed by atoms with Crippen molar-refractivity contribution in [3.63, 3.8) is 0 Å². The summed E-state index contributed by atoms with van der Waals surface area (Å²) in [5, 5.41) is 0. The SMILES string of the molecule is COS(=O)N1C(=O)C2C=CC1C2. The first-order chi connectivity index (χ1) is 5.74. The first kappa shape index (κ1) is 7.94. The Morgan fingerprint density at radius 1 is 1.67 bits per heavy atom. The second-order valence-electron chi connectivity index (χ2n) is 2.84. The summed E-state index contributed by atoms with van der Waals surface area (Å²) in [7, 11) is 1.33. The highest BCUT2D eigenvalue weighted by Gasteiger charge is 2.44. The smallest absolute Gasteiger partial charge is 0.267 e. The molecule has 2 aliphatic rings. The molecule has 0 aromatic rings. The van der Waals surface area contributed by atoms with Gasteiger partial charge in [0.25, 0.3) is 11.3 Å². The highest BCUT2D eigenvalue weighted by molar-refractivity contribution is 7.78. The predicted octanol–water partition coefficient (Wildman–Crippen LogP) is -0.00160. The van der Waals surface area contributed by atoms with Crippen molar-refractivity contribution in [2.24, 2.45) is 5.92 Å². The van der Waals surface area contributed by atoms with Gasteiger partial charge in [-0.1, -0.05) is 12.2 Å². The third-order valence-corrected chi connectivity index (χ3v) is 3.26. The Hall–Kier alpha value is -0.680. The molecule has 3 atom stereocenters. The van der Waals surface area contributed by atoms with Gasteiger partial charge >= 0.3 is 0 Å². The normalized spacial score (nSPS) is 34.8. The number of rotatable bonds is 2. The lowest BCUT2D eigenvalue weighted by molar-refractivity contribution is -0.126. The van der Waals surface area contributed by atoms with Crippen LogP contribution in [0.25, 0.3) is 0 Å². The molecule has 0 saturated carbocycles. The molecule has 0 spiro atoms. The van der Waals surface area contributed by atoms with Crippen molar-refractivity contribution in [2.75, 3.05) is 7.11 Å². The Bertz CT molecular complexity index is 276. The molecular formula is C7H9NO3S. The molecule has 66 valence electrons. The lowest BCUT2D eigenvalue weighted by Crippen LogP contribution is -2.36. The van der Waals surface area contributed by atoms with Gasteiger partial charge in [-0.25, -0.2) is 8.51 Å². The standard InChI is InChI=1S/C7H9NO3S/c1-11-12(10)8-6-3-2-5(4-6)7(8)9/h2-3,5-6H,4H2,1H3. The molecule has 3 unspecified atom stereocenters. The highest BCUT2D eigenvalue weighted by Crippen LogP contribution is 2.33. The van der Waals surface area contributed by atoms with E-state index in [0.717, 1.165) is 6.42 Å². The van der Waals surface area contributed by atoms with E-state index in [0.29, 0.717) is 0 Å². The lowest BCUT2D eigenvalue weighted by Gasteiger charge is -2.20. The molecule has 1 fully saturated rings. The molecule has 2 rings (SSSR count). The molecule has 5 heteroatoms. The van der Waals surface area contributed by atoms with E-state index in [9.17, 15) is 9.00 Å². The molecule has 2 bridgehead atoms. The van der Waals surface area contributed by atoms with Gasteiger partial charge in [-0.3, -0.25) is 8.98 Å². The van der Waals surface area contributed by atoms with Crippen LogP contribution in [-0.4, -0.2) is 27.6 Å². The highest BCUT2D eigenvalue weighted by atomic mass is 32.2. The minimum absolute atomic E-state index is 0.0108. The maximum atomic E-state index is 11.4. The molecule has 1 aliphatic heterocycles. The van der Waals surface area contributed by atoms with Crippen LogP contribution in [0.15, 0.2) is 12.2 Å². The van der Waals surface area contributed by atoms with E-state index in [-0.39, 0.29) is 17.9 Å². The number of hydrogen-bond donors (Lipinski definition) is 0. The number of fused-ring (bicyclic) bond motifs is 2. The van der Waals surface area contributed by atoms with Crippen molar-refractivity contribution in [3.8, 4) is 0 Å². The van der Waals surface area contributed by atoms with Gasteiger partial charge in [0.1, 0.15) is 0 Å². The third-order valence-electron chi connectivity index (χ3n) is 2.20. The van der Waals surface area contributed by atoms with Gasteiger partial charge in [0.15, 0.2) is 0 Å². The van der Waals surface area contributed by atoms with Gasteiger partial charge in [0.2, 0.25) is 5.91 Å². The summed E-state index contributed by atoms with van der Waals surface area (Å²) in [6, 6.07) is -0.0108. The topological polar surface area (TPSA) is 46.6 Å². The van der Waals surface area contributed by atoms with Gasteiger partial charge in [-0.05, 0) is 6.42 Å². The van der Waals surface area contributed by atoms with Crippen molar-refractivity contribution in [2.45, 2.75) is 12.5 Å². The average molecular weight is 187 g/mol. The number of nitrogens with zero attached hydrogens (tertiary/aromatic N) is 1. The molecular weight excluding hydrogens is 178 g/mol. The van der Waals surface area contributed by atoms with Crippen LogP contribution in [-0.2, 0) is 20.2 Å². The van der Waals surface area contributed by atoms with E-state index < -0.39 is 11.3 Å². The summed E-state index contributed by atoms with van der Waals surface area (Å²) in [4.78, 5) is 11.4. The lowest BCUT2D eigenvalue weighted by atomic mass is 10.1. The minimum atomic E-state index is -1.60. The maximum absolute atomic E-state index is 11.4. The quantitative estimate of drug-likeness (QED) is 0.571. The average Bonchev–Trinajstić information content (AvgIpc) is 2.63. The maximum Gasteiger partial charge on any atom is 0.267 e. The molecule has 4 nitrogen and oxygen atoms in total. The summed E-state index contributed by atoms with van der Waals surface area (Å²) >= 11 is -1.60. The van der Waals surface area contributed by atoms with Gasteiger partial charge in [-0.15, -0.1) is 0 Å². The van der Waals surface area contributed by atoms with Gasteiger partial charge in [0, 0.05) is 0 Å². The van der Waals surface area contributed by atoms with E-state index in [1.54, 1.807) is 0 Å². The van der Waals surface area contributed by atoms with Crippen LogP contribution >= 0.6 is 0 Å². The first-order valence-electron chi connectivity index (χ1n) is 3.72. The number of hydrogen-bond acceptors (Lipinski definition) is 3. The summed E-state index contributed by atoms with van der Waals surface area (Å²) in [5.41, 5.74) is 0. The third kappa shape index (κ3) is 0.931. The Balaban J connectivity index is 2.23. The number of carbonyl (C=O) groups excluding carboxylic acids is 1. The molecule has 0 N–H and O–H groups in total. The van der Waals surface area contributed by atoms with Crippen LogP contribution in [0.1, 0.15) is 6.42 Å². The Labute approximate surface area is 73.0 Å². The Morgan fingerprint density at radius 2 is 2.42 bits per heavy atom. The van der Waals surface area contributed by atoms with E-state index in [2.05, 4.69) is 4.18 Å². The molecule has 12 heavy (non-hydrogen) atoms. The summed E-state index contributed by atoms with van der Waals surface area (Å²) in [6.07, 6.45) is 4.54. The van der Waals surface area contributed by atoms with Gasteiger partial charge < -0.3 is 0 Å². The van der Waals surface area contributed by atoms with E-state index >= 15 is 0 Å².